The lowest BCUT2D eigenvalue weighted by atomic mass is 10.1. The number of benzene rings is 1. The zero-order chi connectivity index (χ0) is 25.3. The van der Waals surface area contributed by atoms with Crippen LogP contribution >= 0.6 is 0 Å². The van der Waals surface area contributed by atoms with E-state index in [4.69, 9.17) is 4.74 Å². The predicted molar refractivity (Wildman–Crippen MR) is 124 cm³/mol. The average Bonchev–Trinajstić information content (AvgIpc) is 3.25. The summed E-state index contributed by atoms with van der Waals surface area (Å²) in [6, 6.07) is 4.27. The van der Waals surface area contributed by atoms with Crippen molar-refractivity contribution in [3.8, 4) is 0 Å². The first kappa shape index (κ1) is 24.0. The molecule has 35 heavy (non-hydrogen) atoms. The molecule has 3 heterocycles. The molecule has 0 fully saturated rings. The lowest BCUT2D eigenvalue weighted by Gasteiger charge is -2.34. The molecule has 0 saturated carbocycles. The number of aromatic nitrogens is 4. The first-order valence-electron chi connectivity index (χ1n) is 10.6. The molecule has 184 valence electrons. The first-order valence-corrected chi connectivity index (χ1v) is 10.6. The van der Waals surface area contributed by atoms with Crippen molar-refractivity contribution in [1.82, 2.24) is 19.7 Å². The fraction of sp³-hybridized carbons (Fsp3) is 0.304. The normalized spacial score (nSPS) is 15.4. The van der Waals surface area contributed by atoms with E-state index in [1.807, 2.05) is 0 Å². The third-order valence-corrected chi connectivity index (χ3v) is 5.62. The van der Waals surface area contributed by atoms with Crippen LogP contribution in [0.3, 0.4) is 0 Å². The molecule has 1 aromatic carbocycles. The maximum absolute atomic E-state index is 12.7. The van der Waals surface area contributed by atoms with E-state index < -0.39 is 17.8 Å². The molecule has 0 radical (unpaired) electrons. The van der Waals surface area contributed by atoms with Crippen LogP contribution in [0.25, 0.3) is 0 Å². The van der Waals surface area contributed by atoms with Gasteiger partial charge in [-0.2, -0.15) is 23.3 Å². The molecule has 0 unspecified atom stereocenters. The predicted octanol–water partition coefficient (Wildman–Crippen LogP) is 3.58. The summed E-state index contributed by atoms with van der Waals surface area (Å²) >= 11 is 0. The number of methoxy groups -OCH3 is 1. The molecule has 1 aliphatic heterocycles. The number of anilines is 3. The van der Waals surface area contributed by atoms with Crippen LogP contribution in [0, 0.1) is 6.92 Å². The Morgan fingerprint density at radius 1 is 1.23 bits per heavy atom. The molecule has 1 aliphatic rings. The molecule has 3 aromatic rings. The number of ether oxygens (including phenoxy) is 1. The number of alkyl halides is 3. The van der Waals surface area contributed by atoms with Gasteiger partial charge in [0.1, 0.15) is 11.4 Å². The van der Waals surface area contributed by atoms with E-state index in [0.717, 1.165) is 17.7 Å². The lowest BCUT2D eigenvalue weighted by Crippen LogP contribution is -2.48. The van der Waals surface area contributed by atoms with Gasteiger partial charge < -0.3 is 20.3 Å². The Morgan fingerprint density at radius 2 is 1.94 bits per heavy atom. The Balaban J connectivity index is 1.44. The summed E-state index contributed by atoms with van der Waals surface area (Å²) in [7, 11) is 3.18. The third-order valence-electron chi connectivity index (χ3n) is 5.62. The summed E-state index contributed by atoms with van der Waals surface area (Å²) in [6.45, 7) is 6.27. The van der Waals surface area contributed by atoms with Crippen LogP contribution in [0.1, 0.15) is 22.4 Å². The molecule has 1 atom stereocenters. The van der Waals surface area contributed by atoms with Crippen molar-refractivity contribution in [2.24, 2.45) is 0 Å². The van der Waals surface area contributed by atoms with E-state index in [0.29, 0.717) is 47.6 Å². The molecule has 0 spiro atoms. The van der Waals surface area contributed by atoms with Crippen LogP contribution in [0.2, 0.25) is 0 Å². The molecule has 4 rings (SSSR count). The van der Waals surface area contributed by atoms with Crippen LogP contribution in [0.4, 0.5) is 30.6 Å². The van der Waals surface area contributed by atoms with Gasteiger partial charge in [0.25, 0.3) is 5.91 Å². The lowest BCUT2D eigenvalue weighted by molar-refractivity contribution is -0.137. The third kappa shape index (κ3) is 5.05. The number of fused-ring (bicyclic) bond motifs is 1. The van der Waals surface area contributed by atoms with Gasteiger partial charge in [-0.1, -0.05) is 18.7 Å². The minimum Gasteiger partial charge on any atom is -0.499 e. The van der Waals surface area contributed by atoms with Gasteiger partial charge in [-0.25, -0.2) is 4.98 Å². The molecular formula is C23H24F3N7O2. The van der Waals surface area contributed by atoms with Crippen molar-refractivity contribution in [2.75, 3.05) is 29.7 Å². The van der Waals surface area contributed by atoms with E-state index >= 15 is 0 Å². The molecule has 9 nitrogen and oxygen atoms in total. The summed E-state index contributed by atoms with van der Waals surface area (Å²) in [5, 5.41) is 10.2. The van der Waals surface area contributed by atoms with Crippen LogP contribution in [-0.4, -0.2) is 45.9 Å². The van der Waals surface area contributed by atoms with E-state index in [9.17, 15) is 18.0 Å². The summed E-state index contributed by atoms with van der Waals surface area (Å²) in [6.07, 6.45) is -0.909. The van der Waals surface area contributed by atoms with Gasteiger partial charge >= 0.3 is 6.18 Å². The van der Waals surface area contributed by atoms with Crippen molar-refractivity contribution in [3.63, 3.8) is 0 Å². The summed E-state index contributed by atoms with van der Waals surface area (Å²) in [4.78, 5) is 23.1. The summed E-state index contributed by atoms with van der Waals surface area (Å²) in [5.41, 5.74) is 1.97. The zero-order valence-corrected chi connectivity index (χ0v) is 19.3. The number of nitrogens with zero attached hydrogens (tertiary/aromatic N) is 5. The highest BCUT2D eigenvalue weighted by molar-refractivity contribution is 6.04. The molecule has 0 aliphatic carbocycles. The van der Waals surface area contributed by atoms with Crippen LogP contribution in [0.5, 0.6) is 0 Å². The van der Waals surface area contributed by atoms with Gasteiger partial charge in [-0.3, -0.25) is 9.48 Å². The van der Waals surface area contributed by atoms with E-state index in [1.54, 1.807) is 35.9 Å². The number of aryl methyl sites for hydroxylation is 1. The molecule has 1 amide bonds. The topological polar surface area (TPSA) is 97.2 Å². The molecular weight excluding hydrogens is 463 g/mol. The van der Waals surface area contributed by atoms with Crippen molar-refractivity contribution < 1.29 is 22.7 Å². The summed E-state index contributed by atoms with van der Waals surface area (Å²) in [5.74, 6) is 0.906. The average molecular weight is 487 g/mol. The monoisotopic (exact) mass is 487 g/mol. The SMILES string of the molecule is C=C(OC)[C@H]1C(=O)Nc2c(C)nc(NCc3cnn(Cc4ccc(C(F)(F)F)cc4)c3)nc2N1C. The Hall–Kier alpha value is -4.09. The Labute approximate surface area is 199 Å². The highest BCUT2D eigenvalue weighted by atomic mass is 19.4. The number of rotatable bonds is 7. The number of hydrogen-bond donors (Lipinski definition) is 2. The van der Waals surface area contributed by atoms with E-state index in [-0.39, 0.29) is 5.91 Å². The van der Waals surface area contributed by atoms with Crippen molar-refractivity contribution in [3.05, 3.63) is 71.4 Å². The van der Waals surface area contributed by atoms with Gasteiger partial charge in [-0.15, -0.1) is 0 Å². The van der Waals surface area contributed by atoms with E-state index in [1.165, 1.54) is 19.2 Å². The second kappa shape index (κ2) is 9.28. The maximum atomic E-state index is 12.7. The fourth-order valence-corrected chi connectivity index (χ4v) is 3.75. The molecule has 2 N–H and O–H groups in total. The summed E-state index contributed by atoms with van der Waals surface area (Å²) < 4.78 is 45.0. The van der Waals surface area contributed by atoms with Crippen molar-refractivity contribution >= 4 is 23.4 Å². The number of nitrogens with one attached hydrogen (secondary N) is 2. The highest BCUT2D eigenvalue weighted by Crippen LogP contribution is 2.34. The largest absolute Gasteiger partial charge is 0.499 e. The minimum absolute atomic E-state index is 0.278. The van der Waals surface area contributed by atoms with Crippen molar-refractivity contribution in [2.45, 2.75) is 32.2 Å². The quantitative estimate of drug-likeness (QED) is 0.492. The van der Waals surface area contributed by atoms with E-state index in [2.05, 4.69) is 32.3 Å². The second-order valence-electron chi connectivity index (χ2n) is 8.10. The standard InChI is InChI=1S/C23H24F3N7O2/c1-13-18-20(32(3)19(14(2)35-4)21(34)30-18)31-22(29-13)27-9-16-10-28-33(12-16)11-15-5-7-17(8-6-15)23(24,25)26/h5-8,10,12,19H,2,9,11H2,1,3-4H3,(H,30,34)(H,27,29,31)/t19-/m0/s1. The van der Waals surface area contributed by atoms with Gasteiger partial charge in [0.15, 0.2) is 11.9 Å². The maximum Gasteiger partial charge on any atom is 0.416 e. The molecule has 12 heteroatoms. The molecule has 0 saturated heterocycles. The number of carbonyl (C=O) groups excluding carboxylic acids is 1. The fourth-order valence-electron chi connectivity index (χ4n) is 3.75. The van der Waals surface area contributed by atoms with Crippen LogP contribution in [-0.2, 0) is 28.8 Å². The van der Waals surface area contributed by atoms with Crippen molar-refractivity contribution in [1.29, 1.82) is 0 Å². The van der Waals surface area contributed by atoms with Gasteiger partial charge in [0.2, 0.25) is 5.95 Å². The molecule has 0 bridgehead atoms. The zero-order valence-electron chi connectivity index (χ0n) is 19.3. The number of amides is 1. The van der Waals surface area contributed by atoms with Crippen LogP contribution in [0.15, 0.2) is 49.0 Å². The Bertz CT molecular complexity index is 1250. The van der Waals surface area contributed by atoms with Gasteiger partial charge in [0, 0.05) is 25.4 Å². The van der Waals surface area contributed by atoms with Gasteiger partial charge in [0.05, 0.1) is 31.1 Å². The minimum atomic E-state index is -4.36. The number of carbonyl (C=O) groups is 1. The Morgan fingerprint density at radius 3 is 2.60 bits per heavy atom. The Kier molecular flexibility index (Phi) is 6.37. The molecule has 2 aromatic heterocycles. The smallest absolute Gasteiger partial charge is 0.416 e. The highest BCUT2D eigenvalue weighted by Gasteiger charge is 2.36. The van der Waals surface area contributed by atoms with Gasteiger partial charge in [-0.05, 0) is 24.6 Å². The van der Waals surface area contributed by atoms with Crippen LogP contribution < -0.4 is 15.5 Å². The number of halogens is 3. The first-order chi connectivity index (χ1) is 16.6. The second-order valence-corrected chi connectivity index (χ2v) is 8.10. The number of likely N-dealkylation sites (N-methyl/N-ethyl adjacent to an activating group) is 1. The number of hydrogen-bond acceptors (Lipinski definition) is 7.